The molecule has 0 amide bonds. The van der Waals surface area contributed by atoms with Gasteiger partial charge < -0.3 is 0 Å². The van der Waals surface area contributed by atoms with Crippen LogP contribution in [-0.4, -0.2) is 19.3 Å². The van der Waals surface area contributed by atoms with E-state index in [0.29, 0.717) is 20.6 Å². The van der Waals surface area contributed by atoms with Crippen LogP contribution in [0.4, 0.5) is 10.8 Å². The highest BCUT2D eigenvalue weighted by molar-refractivity contribution is 7.80. The first-order valence-electron chi connectivity index (χ1n) is 7.03. The van der Waals surface area contributed by atoms with Crippen LogP contribution in [0.15, 0.2) is 53.4 Å². The number of nitrogens with zero attached hydrogens (tertiary/aromatic N) is 3. The van der Waals surface area contributed by atoms with Crippen LogP contribution in [-0.2, 0) is 15.4 Å². The number of aromatic nitrogens is 2. The maximum absolute atomic E-state index is 12.0. The molecule has 0 aliphatic rings. The molecule has 10 heteroatoms. The molecule has 0 fully saturated rings. The predicted molar refractivity (Wildman–Crippen MR) is 94.3 cm³/mol. The van der Waals surface area contributed by atoms with Gasteiger partial charge in [0.05, 0.1) is 9.82 Å². The van der Waals surface area contributed by atoms with Crippen molar-refractivity contribution in [2.75, 3.05) is 5.48 Å². The number of nitro groups is 1. The lowest BCUT2D eigenvalue weighted by Gasteiger charge is -2.02. The van der Waals surface area contributed by atoms with Crippen molar-refractivity contribution < 1.29 is 13.4 Å². The van der Waals surface area contributed by atoms with Crippen molar-refractivity contribution in [1.29, 1.82) is 0 Å². The molecule has 1 atom stereocenters. The average Bonchev–Trinajstić information content (AvgIpc) is 3.09. The molecule has 0 spiro atoms. The molecule has 1 unspecified atom stereocenters. The Labute approximate surface area is 149 Å². The number of hydrogen-bond acceptors (Lipinski definition) is 8. The molecule has 3 aromatic rings. The Morgan fingerprint density at radius 1 is 1.20 bits per heavy atom. The summed E-state index contributed by atoms with van der Waals surface area (Å²) < 4.78 is 17.1. The molecule has 0 radical (unpaired) electrons. The van der Waals surface area contributed by atoms with Gasteiger partial charge in [0, 0.05) is 17.7 Å². The molecule has 0 bridgehead atoms. The summed E-state index contributed by atoms with van der Waals surface area (Å²) >= 11 is -0.568. The summed E-state index contributed by atoms with van der Waals surface area (Å²) in [5, 5.41) is 19.4. The molecular formula is C15H12N4O4S2. The van der Waals surface area contributed by atoms with E-state index in [1.165, 1.54) is 12.1 Å². The molecular weight excluding hydrogens is 364 g/mol. The minimum absolute atomic E-state index is 0.0288. The van der Waals surface area contributed by atoms with Crippen LogP contribution in [0.2, 0.25) is 0 Å². The smallest absolute Gasteiger partial charge is 0.258 e. The second-order valence-electron chi connectivity index (χ2n) is 4.95. The fraction of sp³-hybridized carbons (Fsp3) is 0.0667. The Morgan fingerprint density at radius 2 is 1.96 bits per heavy atom. The van der Waals surface area contributed by atoms with E-state index in [1.807, 2.05) is 19.1 Å². The van der Waals surface area contributed by atoms with Crippen LogP contribution >= 0.6 is 11.3 Å². The van der Waals surface area contributed by atoms with Gasteiger partial charge in [-0.25, -0.2) is 9.69 Å². The van der Waals surface area contributed by atoms with Crippen molar-refractivity contribution in [3.63, 3.8) is 0 Å². The van der Waals surface area contributed by atoms with Gasteiger partial charge in [0.2, 0.25) is 16.2 Å². The minimum Gasteiger partial charge on any atom is -0.258 e. The number of rotatable bonds is 6. The molecule has 2 aromatic carbocycles. The lowest BCUT2D eigenvalue weighted by molar-refractivity contribution is -0.384. The van der Waals surface area contributed by atoms with Gasteiger partial charge in [-0.15, -0.1) is 10.2 Å². The Kier molecular flexibility index (Phi) is 5.12. The van der Waals surface area contributed by atoms with Gasteiger partial charge in [-0.2, -0.15) is 4.28 Å². The molecule has 1 aromatic heterocycles. The van der Waals surface area contributed by atoms with E-state index in [1.54, 1.807) is 24.3 Å². The van der Waals surface area contributed by atoms with Crippen molar-refractivity contribution in [3.8, 4) is 10.6 Å². The van der Waals surface area contributed by atoms with Crippen LogP contribution in [0.1, 0.15) is 5.56 Å². The molecule has 1 N–H and O–H groups in total. The highest BCUT2D eigenvalue weighted by Gasteiger charge is 2.12. The molecule has 25 heavy (non-hydrogen) atoms. The topological polar surface area (TPSA) is 107 Å². The molecule has 128 valence electrons. The van der Waals surface area contributed by atoms with Crippen LogP contribution in [0.5, 0.6) is 0 Å². The third-order valence-electron chi connectivity index (χ3n) is 3.15. The maximum atomic E-state index is 12.0. The standard InChI is InChI=1S/C15H12N4O4S2/c1-10-5-7-13(8-6-10)25(22)23-18-15-17-16-14(24-15)11-3-2-4-12(9-11)19(20)21/h2-9H,1H3,(H,17,18). The molecule has 0 saturated heterocycles. The van der Waals surface area contributed by atoms with Gasteiger partial charge in [-0.05, 0) is 19.1 Å². The number of nitrogens with one attached hydrogen (secondary N) is 1. The molecule has 1 heterocycles. The second kappa shape index (κ2) is 7.47. The zero-order valence-electron chi connectivity index (χ0n) is 12.9. The van der Waals surface area contributed by atoms with E-state index >= 15 is 0 Å². The molecule has 0 aliphatic carbocycles. The third-order valence-corrected chi connectivity index (χ3v) is 4.91. The lowest BCUT2D eigenvalue weighted by atomic mass is 10.2. The first-order valence-corrected chi connectivity index (χ1v) is 8.92. The summed E-state index contributed by atoms with van der Waals surface area (Å²) in [4.78, 5) is 10.9. The second-order valence-corrected chi connectivity index (χ2v) is 7.04. The fourth-order valence-electron chi connectivity index (χ4n) is 1.90. The highest BCUT2D eigenvalue weighted by atomic mass is 32.2. The Hall–Kier alpha value is -2.69. The average molecular weight is 376 g/mol. The molecule has 8 nitrogen and oxygen atoms in total. The number of anilines is 1. The lowest BCUT2D eigenvalue weighted by Crippen LogP contribution is -2.04. The summed E-state index contributed by atoms with van der Waals surface area (Å²) in [5.41, 5.74) is 4.09. The van der Waals surface area contributed by atoms with Gasteiger partial charge in [-0.3, -0.25) is 10.1 Å². The number of non-ortho nitro benzene ring substituents is 1. The largest absolute Gasteiger partial charge is 0.270 e. The van der Waals surface area contributed by atoms with Crippen LogP contribution in [0.25, 0.3) is 10.6 Å². The first-order chi connectivity index (χ1) is 12.0. The number of hydrogen-bond donors (Lipinski definition) is 1. The van der Waals surface area contributed by atoms with E-state index in [-0.39, 0.29) is 5.69 Å². The summed E-state index contributed by atoms with van der Waals surface area (Å²) in [6.07, 6.45) is 0. The monoisotopic (exact) mass is 376 g/mol. The van der Waals surface area contributed by atoms with Gasteiger partial charge in [0.15, 0.2) is 0 Å². The van der Waals surface area contributed by atoms with Gasteiger partial charge in [0.1, 0.15) is 5.01 Å². The quantitative estimate of drug-likeness (QED) is 0.518. The fourth-order valence-corrected chi connectivity index (χ4v) is 3.24. The van der Waals surface area contributed by atoms with Crippen LogP contribution in [0, 0.1) is 17.0 Å². The maximum Gasteiger partial charge on any atom is 0.270 e. The zero-order valence-corrected chi connectivity index (χ0v) is 14.5. The Morgan fingerprint density at radius 3 is 2.68 bits per heavy atom. The van der Waals surface area contributed by atoms with Gasteiger partial charge >= 0.3 is 0 Å². The van der Waals surface area contributed by atoms with Crippen LogP contribution in [0.3, 0.4) is 0 Å². The SMILES string of the molecule is Cc1ccc(S(=O)ONc2nnc(-c3cccc([N+](=O)[O-])c3)s2)cc1. The van der Waals surface area contributed by atoms with Crippen molar-refractivity contribution in [2.45, 2.75) is 11.8 Å². The minimum atomic E-state index is -1.70. The number of nitro benzene ring substituents is 1. The number of aryl methyl sites for hydroxylation is 1. The zero-order chi connectivity index (χ0) is 17.8. The summed E-state index contributed by atoms with van der Waals surface area (Å²) in [7, 11) is 0. The van der Waals surface area contributed by atoms with E-state index < -0.39 is 16.0 Å². The first kappa shape index (κ1) is 17.1. The van der Waals surface area contributed by atoms with Crippen molar-refractivity contribution in [1.82, 2.24) is 10.2 Å². The number of benzene rings is 2. The molecule has 3 rings (SSSR count). The molecule has 0 saturated carbocycles. The predicted octanol–water partition coefficient (Wildman–Crippen LogP) is 3.49. The van der Waals surface area contributed by atoms with Crippen molar-refractivity contribution in [3.05, 3.63) is 64.2 Å². The van der Waals surface area contributed by atoms with E-state index in [9.17, 15) is 14.3 Å². The van der Waals surface area contributed by atoms with E-state index in [0.717, 1.165) is 16.9 Å². The Bertz CT molecular complexity index is 927. The van der Waals surface area contributed by atoms with Crippen LogP contribution < -0.4 is 5.48 Å². The molecule has 0 aliphatic heterocycles. The van der Waals surface area contributed by atoms with E-state index in [4.69, 9.17) is 4.28 Å². The highest BCUT2D eigenvalue weighted by Crippen LogP contribution is 2.28. The summed E-state index contributed by atoms with van der Waals surface area (Å²) in [6, 6.07) is 13.2. The van der Waals surface area contributed by atoms with Crippen molar-refractivity contribution in [2.24, 2.45) is 0 Å². The van der Waals surface area contributed by atoms with Gasteiger partial charge in [-0.1, -0.05) is 41.2 Å². The normalized spacial score (nSPS) is 11.9. The van der Waals surface area contributed by atoms with E-state index in [2.05, 4.69) is 15.7 Å². The summed E-state index contributed by atoms with van der Waals surface area (Å²) in [5.74, 6) is 0. The summed E-state index contributed by atoms with van der Waals surface area (Å²) in [6.45, 7) is 1.93. The third kappa shape index (κ3) is 4.24. The van der Waals surface area contributed by atoms with Crippen molar-refractivity contribution >= 4 is 33.2 Å². The van der Waals surface area contributed by atoms with Gasteiger partial charge in [0.25, 0.3) is 5.69 Å². The Balaban J connectivity index is 1.67.